The highest BCUT2D eigenvalue weighted by Gasteiger charge is 2.11. The number of rotatable bonds is 6. The van der Waals surface area contributed by atoms with Gasteiger partial charge in [0, 0.05) is 20.6 Å². The number of aliphatic hydroxyl groups is 1. The minimum atomic E-state index is -0.728. The van der Waals surface area contributed by atoms with Crippen molar-refractivity contribution in [1.82, 2.24) is 5.32 Å². The molecular weight excluding hydrogens is 256 g/mol. The van der Waals surface area contributed by atoms with E-state index >= 15 is 0 Å². The second-order valence-corrected chi connectivity index (χ2v) is 4.75. The first-order valence-corrected chi connectivity index (χ1v) is 6.17. The van der Waals surface area contributed by atoms with Crippen molar-refractivity contribution in [2.24, 2.45) is 0 Å². The normalized spacial score (nSPS) is 11.9. The van der Waals surface area contributed by atoms with Gasteiger partial charge in [-0.25, -0.2) is 0 Å². The highest BCUT2D eigenvalue weighted by atomic mass is 32.1. The van der Waals surface area contributed by atoms with Crippen LogP contribution >= 0.6 is 11.3 Å². The Morgan fingerprint density at radius 3 is 2.83 bits per heavy atom. The zero-order chi connectivity index (χ0) is 13.5. The van der Waals surface area contributed by atoms with Crippen molar-refractivity contribution in [3.63, 3.8) is 0 Å². The molecule has 1 aromatic rings. The quantitative estimate of drug-likeness (QED) is 0.701. The van der Waals surface area contributed by atoms with E-state index in [1.54, 1.807) is 12.1 Å². The Hall–Kier alpha value is -1.44. The van der Waals surface area contributed by atoms with Crippen LogP contribution in [-0.2, 0) is 9.53 Å². The van der Waals surface area contributed by atoms with Crippen molar-refractivity contribution >= 4 is 28.2 Å². The largest absolute Gasteiger partial charge is 0.389 e. The molecule has 0 aliphatic rings. The summed E-state index contributed by atoms with van der Waals surface area (Å²) in [7, 11) is 1.48. The number of ether oxygens (including phenoxy) is 1. The molecule has 0 aromatic carbocycles. The zero-order valence-electron chi connectivity index (χ0n) is 10.2. The van der Waals surface area contributed by atoms with Crippen LogP contribution in [0.5, 0.6) is 0 Å². The molecule has 1 heterocycles. The monoisotopic (exact) mass is 272 g/mol. The number of hydrogen-bond acceptors (Lipinski definition) is 5. The lowest BCUT2D eigenvalue weighted by atomic mass is 10.3. The first kappa shape index (κ1) is 14.6. The van der Waals surface area contributed by atoms with E-state index in [-0.39, 0.29) is 25.0 Å². The summed E-state index contributed by atoms with van der Waals surface area (Å²) in [6.45, 7) is 1.70. The van der Waals surface area contributed by atoms with Crippen molar-refractivity contribution in [3.8, 4) is 0 Å². The third-order valence-corrected chi connectivity index (χ3v) is 2.99. The van der Waals surface area contributed by atoms with Crippen molar-refractivity contribution in [3.05, 3.63) is 17.0 Å². The maximum Gasteiger partial charge on any atom is 0.261 e. The molecule has 0 saturated heterocycles. The molecule has 0 spiro atoms. The molecule has 1 unspecified atom stereocenters. The molecule has 0 radical (unpaired) electrons. The maximum atomic E-state index is 11.7. The van der Waals surface area contributed by atoms with Gasteiger partial charge in [-0.05, 0) is 12.1 Å². The fraction of sp³-hybridized carbons (Fsp3) is 0.455. The van der Waals surface area contributed by atoms with Gasteiger partial charge in [0.15, 0.2) is 0 Å². The number of nitrogens with one attached hydrogen (secondary N) is 2. The molecule has 18 heavy (non-hydrogen) atoms. The van der Waals surface area contributed by atoms with Crippen LogP contribution in [0.2, 0.25) is 0 Å². The fourth-order valence-corrected chi connectivity index (χ4v) is 2.12. The molecule has 1 atom stereocenters. The van der Waals surface area contributed by atoms with Gasteiger partial charge < -0.3 is 20.5 Å². The standard InChI is InChI=1S/C11H16N2O4S/c1-7(14)13-10-4-3-9(18-10)11(16)12-5-8(15)6-17-2/h3-4,8,15H,5-6H2,1-2H3,(H,12,16)(H,13,14). The molecule has 7 heteroatoms. The molecule has 0 aliphatic carbocycles. The Bertz CT molecular complexity index is 419. The average Bonchev–Trinajstić information content (AvgIpc) is 2.74. The Labute approximate surface area is 109 Å². The Balaban J connectivity index is 2.46. The van der Waals surface area contributed by atoms with Crippen molar-refractivity contribution in [2.75, 3.05) is 25.6 Å². The first-order chi connectivity index (χ1) is 8.52. The van der Waals surface area contributed by atoms with Gasteiger partial charge in [-0.15, -0.1) is 11.3 Å². The van der Waals surface area contributed by atoms with Crippen LogP contribution in [0.4, 0.5) is 5.00 Å². The zero-order valence-corrected chi connectivity index (χ0v) is 11.0. The third kappa shape index (κ3) is 4.82. The predicted octanol–water partition coefficient (Wildman–Crippen LogP) is 0.444. The lowest BCUT2D eigenvalue weighted by molar-refractivity contribution is -0.114. The van der Waals surface area contributed by atoms with E-state index in [0.717, 1.165) is 0 Å². The van der Waals surface area contributed by atoms with Crippen LogP contribution in [-0.4, -0.2) is 43.3 Å². The molecule has 0 fully saturated rings. The maximum absolute atomic E-state index is 11.7. The van der Waals surface area contributed by atoms with Crippen LogP contribution in [0, 0.1) is 0 Å². The number of hydrogen-bond donors (Lipinski definition) is 3. The van der Waals surface area contributed by atoms with Crippen LogP contribution in [0.3, 0.4) is 0 Å². The van der Waals surface area contributed by atoms with Gasteiger partial charge in [-0.3, -0.25) is 9.59 Å². The molecule has 2 amide bonds. The van der Waals surface area contributed by atoms with Gasteiger partial charge in [-0.2, -0.15) is 0 Å². The molecule has 1 aromatic heterocycles. The van der Waals surface area contributed by atoms with Gasteiger partial charge in [-0.1, -0.05) is 0 Å². The van der Waals surface area contributed by atoms with Crippen LogP contribution < -0.4 is 10.6 Å². The summed E-state index contributed by atoms with van der Waals surface area (Å²) in [6.07, 6.45) is -0.728. The summed E-state index contributed by atoms with van der Waals surface area (Å²) in [6, 6.07) is 3.28. The summed E-state index contributed by atoms with van der Waals surface area (Å²) in [5.41, 5.74) is 0. The van der Waals surface area contributed by atoms with E-state index in [9.17, 15) is 14.7 Å². The summed E-state index contributed by atoms with van der Waals surface area (Å²) < 4.78 is 4.74. The lowest BCUT2D eigenvalue weighted by Crippen LogP contribution is -2.33. The predicted molar refractivity (Wildman–Crippen MR) is 68.8 cm³/mol. The molecule has 1 rings (SSSR count). The topological polar surface area (TPSA) is 87.7 Å². The van der Waals surface area contributed by atoms with E-state index in [2.05, 4.69) is 10.6 Å². The number of thiophene rings is 1. The minimum absolute atomic E-state index is 0.125. The van der Waals surface area contributed by atoms with Gasteiger partial charge in [0.2, 0.25) is 5.91 Å². The number of amides is 2. The number of carbonyl (C=O) groups excluding carboxylic acids is 2. The molecule has 3 N–H and O–H groups in total. The van der Waals surface area contributed by atoms with Gasteiger partial charge >= 0.3 is 0 Å². The highest BCUT2D eigenvalue weighted by Crippen LogP contribution is 2.21. The summed E-state index contributed by atoms with van der Waals surface area (Å²) in [4.78, 5) is 23.0. The minimum Gasteiger partial charge on any atom is -0.389 e. The number of methoxy groups -OCH3 is 1. The summed E-state index contributed by atoms with van der Waals surface area (Å²) in [5, 5.41) is 15.2. The summed E-state index contributed by atoms with van der Waals surface area (Å²) >= 11 is 1.18. The smallest absolute Gasteiger partial charge is 0.261 e. The molecule has 6 nitrogen and oxygen atoms in total. The highest BCUT2D eigenvalue weighted by molar-refractivity contribution is 7.18. The molecule has 0 saturated carbocycles. The van der Waals surface area contributed by atoms with Crippen LogP contribution in [0.1, 0.15) is 16.6 Å². The molecule has 100 valence electrons. The van der Waals surface area contributed by atoms with Crippen LogP contribution in [0.15, 0.2) is 12.1 Å². The van der Waals surface area contributed by atoms with Crippen molar-refractivity contribution < 1.29 is 19.4 Å². The SMILES string of the molecule is COCC(O)CNC(=O)c1ccc(NC(C)=O)s1. The van der Waals surface area contributed by atoms with E-state index < -0.39 is 6.10 Å². The van der Waals surface area contributed by atoms with E-state index in [1.165, 1.54) is 25.4 Å². The molecule has 0 bridgehead atoms. The van der Waals surface area contributed by atoms with E-state index in [4.69, 9.17) is 4.74 Å². The number of carbonyl (C=O) groups is 2. The van der Waals surface area contributed by atoms with Gasteiger partial charge in [0.1, 0.15) is 0 Å². The Morgan fingerprint density at radius 1 is 1.50 bits per heavy atom. The lowest BCUT2D eigenvalue weighted by Gasteiger charge is -2.09. The first-order valence-electron chi connectivity index (χ1n) is 5.35. The average molecular weight is 272 g/mol. The third-order valence-electron chi connectivity index (χ3n) is 1.99. The second-order valence-electron chi connectivity index (χ2n) is 3.66. The summed E-state index contributed by atoms with van der Waals surface area (Å²) in [5.74, 6) is -0.467. The number of anilines is 1. The van der Waals surface area contributed by atoms with Gasteiger partial charge in [0.25, 0.3) is 5.91 Å². The van der Waals surface area contributed by atoms with Crippen molar-refractivity contribution in [1.29, 1.82) is 0 Å². The van der Waals surface area contributed by atoms with Gasteiger partial charge in [0.05, 0.1) is 22.6 Å². The fourth-order valence-electron chi connectivity index (χ4n) is 1.25. The Kier molecular flexibility index (Phi) is 5.76. The van der Waals surface area contributed by atoms with E-state index in [1.807, 2.05) is 0 Å². The second kappa shape index (κ2) is 7.10. The van der Waals surface area contributed by atoms with E-state index in [0.29, 0.717) is 9.88 Å². The molecule has 0 aliphatic heterocycles. The Morgan fingerprint density at radius 2 is 2.22 bits per heavy atom. The number of aliphatic hydroxyl groups excluding tert-OH is 1. The van der Waals surface area contributed by atoms with Crippen molar-refractivity contribution in [2.45, 2.75) is 13.0 Å². The molecular formula is C11H16N2O4S. The van der Waals surface area contributed by atoms with Crippen LogP contribution in [0.25, 0.3) is 0 Å².